The molecule has 2 unspecified atom stereocenters. The van der Waals surface area contributed by atoms with E-state index in [0.717, 1.165) is 17.9 Å². The summed E-state index contributed by atoms with van der Waals surface area (Å²) in [4.78, 5) is 14.0. The van der Waals surface area contributed by atoms with E-state index in [2.05, 4.69) is 0 Å². The number of carbonyl (C=O) groups is 1. The van der Waals surface area contributed by atoms with Crippen molar-refractivity contribution < 1.29 is 9.53 Å². The number of hydrogen-bond donors (Lipinski definition) is 1. The van der Waals surface area contributed by atoms with E-state index >= 15 is 0 Å². The molecule has 0 aromatic rings. The number of methoxy groups -OCH3 is 1. The number of ether oxygens (including phenoxy) is 1. The summed E-state index contributed by atoms with van der Waals surface area (Å²) in [7, 11) is 1.66. The molecular formula is C11H22N2O2S. The summed E-state index contributed by atoms with van der Waals surface area (Å²) in [6.07, 6.45) is 1.78. The van der Waals surface area contributed by atoms with Crippen LogP contribution >= 0.6 is 11.8 Å². The van der Waals surface area contributed by atoms with Crippen molar-refractivity contribution in [3.05, 3.63) is 0 Å². The van der Waals surface area contributed by atoms with Crippen LogP contribution in [0.2, 0.25) is 0 Å². The maximum absolute atomic E-state index is 12.1. The first-order valence-electron chi connectivity index (χ1n) is 5.83. The molecule has 4 nitrogen and oxygen atoms in total. The lowest BCUT2D eigenvalue weighted by Gasteiger charge is -2.30. The molecule has 2 atom stereocenters. The first-order chi connectivity index (χ1) is 7.70. The molecule has 0 aromatic heterocycles. The number of thioether (sulfide) groups is 1. The van der Waals surface area contributed by atoms with Crippen LogP contribution in [0.4, 0.5) is 0 Å². The fourth-order valence-corrected chi connectivity index (χ4v) is 3.04. The number of amides is 1. The van der Waals surface area contributed by atoms with Crippen LogP contribution < -0.4 is 5.73 Å². The smallest absolute Gasteiger partial charge is 0.239 e. The van der Waals surface area contributed by atoms with Crippen LogP contribution in [0, 0.1) is 0 Å². The summed E-state index contributed by atoms with van der Waals surface area (Å²) in [6.45, 7) is 3.19. The Morgan fingerprint density at radius 1 is 1.69 bits per heavy atom. The highest BCUT2D eigenvalue weighted by molar-refractivity contribution is 7.99. The molecule has 0 radical (unpaired) electrons. The van der Waals surface area contributed by atoms with E-state index in [4.69, 9.17) is 10.5 Å². The third kappa shape index (κ3) is 3.64. The van der Waals surface area contributed by atoms with Gasteiger partial charge in [-0.05, 0) is 18.6 Å². The molecule has 1 heterocycles. The summed E-state index contributed by atoms with van der Waals surface area (Å²) in [5, 5.41) is 0. The molecule has 0 spiro atoms. The predicted molar refractivity (Wildman–Crippen MR) is 67.6 cm³/mol. The average Bonchev–Trinajstić information content (AvgIpc) is 2.82. The third-order valence-corrected chi connectivity index (χ3v) is 4.07. The van der Waals surface area contributed by atoms with Gasteiger partial charge in [-0.2, -0.15) is 11.8 Å². The highest BCUT2D eigenvalue weighted by Gasteiger charge is 2.29. The van der Waals surface area contributed by atoms with Crippen molar-refractivity contribution in [3.63, 3.8) is 0 Å². The normalized spacial score (nSPS) is 22.1. The number of carbonyl (C=O) groups excluding carboxylic acids is 1. The Kier molecular flexibility index (Phi) is 6.16. The Hall–Kier alpha value is -0.260. The summed E-state index contributed by atoms with van der Waals surface area (Å²) < 4.78 is 5.05. The monoisotopic (exact) mass is 246 g/mol. The van der Waals surface area contributed by atoms with E-state index in [9.17, 15) is 4.79 Å². The number of rotatable bonds is 6. The van der Waals surface area contributed by atoms with Crippen molar-refractivity contribution in [2.75, 3.05) is 31.8 Å². The molecule has 1 fully saturated rings. The van der Waals surface area contributed by atoms with Crippen LogP contribution in [0.5, 0.6) is 0 Å². The number of nitrogens with zero attached hydrogens (tertiary/aromatic N) is 1. The van der Waals surface area contributed by atoms with Gasteiger partial charge in [0.05, 0.1) is 12.6 Å². The Morgan fingerprint density at radius 3 is 2.94 bits per heavy atom. The first-order valence-corrected chi connectivity index (χ1v) is 6.98. The second kappa shape index (κ2) is 7.14. The van der Waals surface area contributed by atoms with E-state index in [0.29, 0.717) is 25.6 Å². The van der Waals surface area contributed by atoms with Gasteiger partial charge in [-0.25, -0.2) is 0 Å². The van der Waals surface area contributed by atoms with Gasteiger partial charge in [0.25, 0.3) is 0 Å². The molecule has 1 aliphatic heterocycles. The molecule has 0 aliphatic carbocycles. The van der Waals surface area contributed by atoms with Crippen LogP contribution in [0.3, 0.4) is 0 Å². The molecule has 1 rings (SSSR count). The topological polar surface area (TPSA) is 55.6 Å². The molecule has 1 amide bonds. The minimum atomic E-state index is -0.359. The zero-order chi connectivity index (χ0) is 12.0. The van der Waals surface area contributed by atoms with Gasteiger partial charge in [0.2, 0.25) is 5.91 Å². The summed E-state index contributed by atoms with van der Waals surface area (Å²) in [5.74, 6) is 2.25. The Balaban J connectivity index is 2.57. The summed E-state index contributed by atoms with van der Waals surface area (Å²) in [6, 6.07) is -0.00675. The zero-order valence-corrected chi connectivity index (χ0v) is 11.0. The predicted octanol–water partition coefficient (Wildman–Crippen LogP) is 0.704. The molecule has 0 bridgehead atoms. The van der Waals surface area contributed by atoms with E-state index in [1.54, 1.807) is 7.11 Å². The fourth-order valence-electron chi connectivity index (χ4n) is 1.82. The standard InChI is InChI=1S/C11H22N2O2S/c1-3-10(12)11(14)13(5-6-15-2)9-4-7-16-8-9/h9-10H,3-8,12H2,1-2H3. The highest BCUT2D eigenvalue weighted by atomic mass is 32.2. The summed E-state index contributed by atoms with van der Waals surface area (Å²) >= 11 is 1.91. The van der Waals surface area contributed by atoms with Crippen LogP contribution in [-0.2, 0) is 9.53 Å². The molecule has 16 heavy (non-hydrogen) atoms. The van der Waals surface area contributed by atoms with Crippen molar-refractivity contribution >= 4 is 17.7 Å². The van der Waals surface area contributed by atoms with Crippen LogP contribution in [0.15, 0.2) is 0 Å². The molecule has 0 aromatic carbocycles. The maximum atomic E-state index is 12.1. The van der Waals surface area contributed by atoms with Gasteiger partial charge < -0.3 is 15.4 Å². The molecule has 2 N–H and O–H groups in total. The van der Waals surface area contributed by atoms with Gasteiger partial charge in [-0.3, -0.25) is 4.79 Å². The second-order valence-electron chi connectivity index (χ2n) is 4.06. The number of nitrogens with two attached hydrogens (primary N) is 1. The zero-order valence-electron chi connectivity index (χ0n) is 10.1. The van der Waals surface area contributed by atoms with Crippen molar-refractivity contribution in [3.8, 4) is 0 Å². The highest BCUT2D eigenvalue weighted by Crippen LogP contribution is 2.22. The average molecular weight is 246 g/mol. The SMILES string of the molecule is CCC(N)C(=O)N(CCOC)C1CCSC1. The van der Waals surface area contributed by atoms with Gasteiger partial charge in [0, 0.05) is 25.4 Å². The fraction of sp³-hybridized carbons (Fsp3) is 0.909. The molecular weight excluding hydrogens is 224 g/mol. The van der Waals surface area contributed by atoms with Crippen LogP contribution in [-0.4, -0.2) is 54.7 Å². The quantitative estimate of drug-likeness (QED) is 0.750. The lowest BCUT2D eigenvalue weighted by molar-refractivity contribution is -0.135. The van der Waals surface area contributed by atoms with Gasteiger partial charge in [-0.1, -0.05) is 6.92 Å². The molecule has 5 heteroatoms. The second-order valence-corrected chi connectivity index (χ2v) is 5.21. The van der Waals surface area contributed by atoms with Crippen molar-refractivity contribution in [2.24, 2.45) is 5.73 Å². The van der Waals surface area contributed by atoms with E-state index < -0.39 is 0 Å². The molecule has 0 saturated carbocycles. The van der Waals surface area contributed by atoms with Gasteiger partial charge in [-0.15, -0.1) is 0 Å². The van der Waals surface area contributed by atoms with E-state index in [1.807, 2.05) is 23.6 Å². The van der Waals surface area contributed by atoms with Crippen molar-refractivity contribution in [1.29, 1.82) is 0 Å². The van der Waals surface area contributed by atoms with E-state index in [1.165, 1.54) is 0 Å². The molecule has 94 valence electrons. The third-order valence-electron chi connectivity index (χ3n) is 2.92. The molecule has 1 saturated heterocycles. The first kappa shape index (κ1) is 13.8. The van der Waals surface area contributed by atoms with Crippen molar-refractivity contribution in [2.45, 2.75) is 31.8 Å². The minimum absolute atomic E-state index is 0.0760. The Morgan fingerprint density at radius 2 is 2.44 bits per heavy atom. The van der Waals surface area contributed by atoms with Crippen LogP contribution in [0.25, 0.3) is 0 Å². The maximum Gasteiger partial charge on any atom is 0.239 e. The lowest BCUT2D eigenvalue weighted by atomic mass is 10.1. The summed E-state index contributed by atoms with van der Waals surface area (Å²) in [5.41, 5.74) is 5.82. The van der Waals surface area contributed by atoms with Gasteiger partial charge >= 0.3 is 0 Å². The number of hydrogen-bond acceptors (Lipinski definition) is 4. The minimum Gasteiger partial charge on any atom is -0.383 e. The van der Waals surface area contributed by atoms with Gasteiger partial charge in [0.1, 0.15) is 0 Å². The Labute approximate surface area is 102 Å². The lowest BCUT2D eigenvalue weighted by Crippen LogP contribution is -2.49. The van der Waals surface area contributed by atoms with Gasteiger partial charge in [0.15, 0.2) is 0 Å². The molecule has 1 aliphatic rings. The Bertz CT molecular complexity index is 220. The van der Waals surface area contributed by atoms with Crippen molar-refractivity contribution in [1.82, 2.24) is 4.90 Å². The largest absolute Gasteiger partial charge is 0.383 e. The van der Waals surface area contributed by atoms with Crippen LogP contribution in [0.1, 0.15) is 19.8 Å². The van der Waals surface area contributed by atoms with E-state index in [-0.39, 0.29) is 11.9 Å².